The Balaban J connectivity index is 2.20. The molecule has 0 bridgehead atoms. The van der Waals surface area contributed by atoms with E-state index in [1.54, 1.807) is 6.92 Å². The lowest BCUT2D eigenvalue weighted by Gasteiger charge is -2.22. The van der Waals surface area contributed by atoms with Crippen LogP contribution in [0.25, 0.3) is 0 Å². The summed E-state index contributed by atoms with van der Waals surface area (Å²) in [6.45, 7) is 3.78. The van der Waals surface area contributed by atoms with Crippen molar-refractivity contribution in [3.8, 4) is 0 Å². The minimum atomic E-state index is -1.10. The van der Waals surface area contributed by atoms with Gasteiger partial charge in [-0.15, -0.1) is 0 Å². The summed E-state index contributed by atoms with van der Waals surface area (Å²) >= 11 is 0. The molecule has 1 unspecified atom stereocenters. The lowest BCUT2D eigenvalue weighted by Crippen LogP contribution is -2.41. The molecule has 3 N–H and O–H groups in total. The number of hydrogen-bond donors (Lipinski definition) is 2. The van der Waals surface area contributed by atoms with Crippen molar-refractivity contribution >= 4 is 17.8 Å². The van der Waals surface area contributed by atoms with E-state index in [0.29, 0.717) is 0 Å². The van der Waals surface area contributed by atoms with Crippen LogP contribution < -0.4 is 11.1 Å². The summed E-state index contributed by atoms with van der Waals surface area (Å²) < 4.78 is 0. The first-order valence-electron chi connectivity index (χ1n) is 7.40. The fourth-order valence-electron chi connectivity index (χ4n) is 2.61. The molecule has 1 heterocycles. The number of amides is 4. The van der Waals surface area contributed by atoms with Gasteiger partial charge in [-0.05, 0) is 24.5 Å². The van der Waals surface area contributed by atoms with Crippen molar-refractivity contribution < 1.29 is 14.4 Å². The number of carbonyl (C=O) groups excluding carboxylic acids is 3. The Kier molecular flexibility index (Phi) is 4.49. The zero-order valence-corrected chi connectivity index (χ0v) is 12.9. The summed E-state index contributed by atoms with van der Waals surface area (Å²) in [5.41, 5.74) is 5.90. The highest BCUT2D eigenvalue weighted by molar-refractivity contribution is 6.07. The van der Waals surface area contributed by atoms with Crippen LogP contribution in [0.2, 0.25) is 0 Å². The molecule has 1 aromatic carbocycles. The molecule has 1 saturated heterocycles. The van der Waals surface area contributed by atoms with E-state index in [9.17, 15) is 14.4 Å². The Labute approximate surface area is 129 Å². The number of nitrogens with zero attached hydrogens (tertiary/aromatic N) is 1. The van der Waals surface area contributed by atoms with E-state index in [4.69, 9.17) is 5.73 Å². The summed E-state index contributed by atoms with van der Waals surface area (Å²) in [5.74, 6) is -0.903. The molecule has 4 amide bonds. The van der Waals surface area contributed by atoms with Crippen molar-refractivity contribution in [1.29, 1.82) is 0 Å². The molecule has 6 heteroatoms. The number of carbonyl (C=O) groups is 3. The monoisotopic (exact) mass is 303 g/mol. The van der Waals surface area contributed by atoms with E-state index in [1.807, 2.05) is 24.3 Å². The molecule has 6 nitrogen and oxygen atoms in total. The minimum absolute atomic E-state index is 0.00348. The Morgan fingerprint density at radius 3 is 2.45 bits per heavy atom. The molecule has 0 saturated carbocycles. The molecule has 0 spiro atoms. The van der Waals surface area contributed by atoms with E-state index in [1.165, 1.54) is 5.56 Å². The number of nitrogens with one attached hydrogen (secondary N) is 1. The van der Waals surface area contributed by atoms with Crippen LogP contribution in [0.1, 0.15) is 37.8 Å². The quantitative estimate of drug-likeness (QED) is 0.775. The molecule has 0 radical (unpaired) electrons. The third kappa shape index (κ3) is 2.95. The van der Waals surface area contributed by atoms with Crippen molar-refractivity contribution in [3.63, 3.8) is 0 Å². The van der Waals surface area contributed by atoms with E-state index in [-0.39, 0.29) is 18.9 Å². The average molecular weight is 303 g/mol. The molecule has 1 fully saturated rings. The first-order chi connectivity index (χ1) is 10.4. The molecule has 1 aliphatic rings. The molecule has 0 aromatic heterocycles. The van der Waals surface area contributed by atoms with Crippen molar-refractivity contribution in [2.24, 2.45) is 5.73 Å². The summed E-state index contributed by atoms with van der Waals surface area (Å²) in [7, 11) is 0. The average Bonchev–Trinajstić information content (AvgIpc) is 2.69. The maximum Gasteiger partial charge on any atom is 0.325 e. The van der Waals surface area contributed by atoms with Crippen molar-refractivity contribution in [2.45, 2.75) is 38.6 Å². The number of nitrogens with two attached hydrogens (primary N) is 1. The molecular formula is C16H21N3O3. The van der Waals surface area contributed by atoms with Gasteiger partial charge in [0.2, 0.25) is 5.91 Å². The number of aryl methyl sites for hydroxylation is 1. The SMILES string of the molecule is CCCc1ccc(C2(C)NC(=O)N(CCC(N)=O)C2=O)cc1. The second kappa shape index (κ2) is 6.17. The van der Waals surface area contributed by atoms with E-state index in [2.05, 4.69) is 12.2 Å². The molecule has 1 atom stereocenters. The minimum Gasteiger partial charge on any atom is -0.370 e. The lowest BCUT2D eigenvalue weighted by atomic mass is 9.91. The van der Waals surface area contributed by atoms with Gasteiger partial charge in [0, 0.05) is 13.0 Å². The Morgan fingerprint density at radius 1 is 1.27 bits per heavy atom. The standard InChI is InChI=1S/C16H21N3O3/c1-3-4-11-5-7-12(8-6-11)16(2)14(21)19(15(22)18-16)10-9-13(17)20/h5-8H,3-4,9-10H2,1-2H3,(H2,17,20)(H,18,22). The van der Waals surface area contributed by atoms with Gasteiger partial charge < -0.3 is 11.1 Å². The van der Waals surface area contributed by atoms with Crippen LogP contribution in [-0.2, 0) is 21.5 Å². The number of primary amides is 1. The van der Waals surface area contributed by atoms with Gasteiger partial charge >= 0.3 is 6.03 Å². The molecule has 1 aromatic rings. The van der Waals surface area contributed by atoms with Gasteiger partial charge in [0.25, 0.3) is 5.91 Å². The number of imide groups is 1. The summed E-state index contributed by atoms with van der Waals surface area (Å²) in [6.07, 6.45) is 1.99. The summed E-state index contributed by atoms with van der Waals surface area (Å²) in [5, 5.41) is 2.71. The molecule has 1 aliphatic heterocycles. The number of hydrogen-bond acceptors (Lipinski definition) is 3. The molecule has 22 heavy (non-hydrogen) atoms. The smallest absolute Gasteiger partial charge is 0.325 e. The first-order valence-corrected chi connectivity index (χ1v) is 7.40. The van der Waals surface area contributed by atoms with Crippen molar-refractivity contribution in [2.75, 3.05) is 6.54 Å². The van der Waals surface area contributed by atoms with Crippen LogP contribution in [0.4, 0.5) is 4.79 Å². The van der Waals surface area contributed by atoms with Gasteiger partial charge in [-0.2, -0.15) is 0 Å². The van der Waals surface area contributed by atoms with Gasteiger partial charge in [0.05, 0.1) is 0 Å². The molecular weight excluding hydrogens is 282 g/mol. The highest BCUT2D eigenvalue weighted by atomic mass is 16.2. The zero-order valence-electron chi connectivity index (χ0n) is 12.9. The third-order valence-electron chi connectivity index (χ3n) is 3.93. The van der Waals surface area contributed by atoms with Gasteiger partial charge in [-0.1, -0.05) is 37.6 Å². The van der Waals surface area contributed by atoms with Crippen molar-refractivity contribution in [3.05, 3.63) is 35.4 Å². The van der Waals surface area contributed by atoms with Crippen LogP contribution in [0, 0.1) is 0 Å². The van der Waals surface area contributed by atoms with Crippen LogP contribution in [0.15, 0.2) is 24.3 Å². The number of benzene rings is 1. The van der Waals surface area contributed by atoms with E-state index in [0.717, 1.165) is 23.3 Å². The van der Waals surface area contributed by atoms with Crippen molar-refractivity contribution in [1.82, 2.24) is 10.2 Å². The fourth-order valence-corrected chi connectivity index (χ4v) is 2.61. The maximum absolute atomic E-state index is 12.6. The van der Waals surface area contributed by atoms with Gasteiger partial charge in [0.15, 0.2) is 0 Å². The fraction of sp³-hybridized carbons (Fsp3) is 0.438. The second-order valence-electron chi connectivity index (χ2n) is 5.68. The summed E-state index contributed by atoms with van der Waals surface area (Å²) in [4.78, 5) is 36.4. The van der Waals surface area contributed by atoms with E-state index >= 15 is 0 Å². The zero-order chi connectivity index (χ0) is 16.3. The largest absolute Gasteiger partial charge is 0.370 e. The first kappa shape index (κ1) is 16.0. The molecule has 0 aliphatic carbocycles. The Hall–Kier alpha value is -2.37. The topological polar surface area (TPSA) is 92.5 Å². The van der Waals surface area contributed by atoms with Gasteiger partial charge in [-0.25, -0.2) is 4.79 Å². The van der Waals surface area contributed by atoms with Gasteiger partial charge in [0.1, 0.15) is 5.54 Å². The predicted octanol–water partition coefficient (Wildman–Crippen LogP) is 1.28. The van der Waals surface area contributed by atoms with Crippen LogP contribution in [0.3, 0.4) is 0 Å². The van der Waals surface area contributed by atoms with Crippen LogP contribution in [-0.4, -0.2) is 29.3 Å². The normalized spacial score (nSPS) is 21.1. The molecule has 2 rings (SSSR count). The summed E-state index contributed by atoms with van der Waals surface area (Å²) in [6, 6.07) is 7.17. The number of rotatable bonds is 6. The second-order valence-corrected chi connectivity index (χ2v) is 5.68. The Bertz CT molecular complexity index is 597. The lowest BCUT2D eigenvalue weighted by molar-refractivity contribution is -0.131. The van der Waals surface area contributed by atoms with Gasteiger partial charge in [-0.3, -0.25) is 14.5 Å². The van der Waals surface area contributed by atoms with Crippen LogP contribution in [0.5, 0.6) is 0 Å². The third-order valence-corrected chi connectivity index (χ3v) is 3.93. The highest BCUT2D eigenvalue weighted by Gasteiger charge is 2.48. The van der Waals surface area contributed by atoms with Crippen LogP contribution >= 0.6 is 0 Å². The highest BCUT2D eigenvalue weighted by Crippen LogP contribution is 2.29. The maximum atomic E-state index is 12.6. The Morgan fingerprint density at radius 2 is 1.91 bits per heavy atom. The number of urea groups is 1. The molecule has 118 valence electrons. The predicted molar refractivity (Wildman–Crippen MR) is 81.8 cm³/mol. The van der Waals surface area contributed by atoms with E-state index < -0.39 is 17.5 Å².